The molecule has 0 radical (unpaired) electrons. The summed E-state index contributed by atoms with van der Waals surface area (Å²) < 4.78 is 5.96. The Balaban J connectivity index is 2.31. The van der Waals surface area contributed by atoms with Gasteiger partial charge in [-0.1, -0.05) is 15.9 Å². The molecule has 7 heteroatoms. The van der Waals surface area contributed by atoms with Crippen LogP contribution >= 0.6 is 15.9 Å². The number of benzene rings is 1. The van der Waals surface area contributed by atoms with Crippen LogP contribution in [0.2, 0.25) is 0 Å². The number of nitro groups is 1. The highest BCUT2D eigenvalue weighted by atomic mass is 79.9. The lowest BCUT2D eigenvalue weighted by Crippen LogP contribution is -1.93. The van der Waals surface area contributed by atoms with Crippen molar-refractivity contribution < 1.29 is 9.66 Å². The van der Waals surface area contributed by atoms with E-state index in [-0.39, 0.29) is 11.6 Å². The minimum Gasteiger partial charge on any atom is -0.439 e. The van der Waals surface area contributed by atoms with Gasteiger partial charge in [0.05, 0.1) is 11.0 Å². The van der Waals surface area contributed by atoms with E-state index in [1.54, 1.807) is 12.1 Å². The van der Waals surface area contributed by atoms with Gasteiger partial charge >= 0.3 is 0 Å². The molecule has 0 fully saturated rings. The number of rotatable bonds is 3. The molecule has 1 aromatic carbocycles. The SMILES string of the molecule is Nc1ccnc(Oc2cc(Br)cc([N+](=O)[O-])c2)c1. The highest BCUT2D eigenvalue weighted by molar-refractivity contribution is 9.10. The first kappa shape index (κ1) is 12.3. The molecular weight excluding hydrogens is 302 g/mol. The fraction of sp³-hybridized carbons (Fsp3) is 0. The summed E-state index contributed by atoms with van der Waals surface area (Å²) in [4.78, 5) is 14.2. The summed E-state index contributed by atoms with van der Waals surface area (Å²) >= 11 is 3.18. The number of pyridine rings is 1. The summed E-state index contributed by atoms with van der Waals surface area (Å²) in [6, 6.07) is 7.47. The third-order valence-corrected chi connectivity index (χ3v) is 2.51. The molecule has 2 aromatic rings. The van der Waals surface area contributed by atoms with E-state index in [1.165, 1.54) is 24.4 Å². The zero-order valence-corrected chi connectivity index (χ0v) is 10.6. The zero-order valence-electron chi connectivity index (χ0n) is 9.04. The van der Waals surface area contributed by atoms with Crippen molar-refractivity contribution in [2.75, 3.05) is 5.73 Å². The van der Waals surface area contributed by atoms with E-state index in [1.807, 2.05) is 0 Å². The molecule has 1 heterocycles. The first-order valence-corrected chi connectivity index (χ1v) is 5.68. The van der Waals surface area contributed by atoms with E-state index < -0.39 is 4.92 Å². The molecule has 2 rings (SSSR count). The summed E-state index contributed by atoms with van der Waals surface area (Å²) in [7, 11) is 0. The molecule has 0 aliphatic rings. The van der Waals surface area contributed by atoms with Crippen LogP contribution in [0.25, 0.3) is 0 Å². The number of ether oxygens (including phenoxy) is 1. The van der Waals surface area contributed by atoms with Crippen molar-refractivity contribution >= 4 is 27.3 Å². The lowest BCUT2D eigenvalue weighted by Gasteiger charge is -2.05. The normalized spacial score (nSPS) is 10.1. The number of nitrogens with two attached hydrogens (primary N) is 1. The number of hydrogen-bond donors (Lipinski definition) is 1. The number of nitrogen functional groups attached to an aromatic ring is 1. The minimum atomic E-state index is -0.496. The van der Waals surface area contributed by atoms with Crippen molar-refractivity contribution in [3.8, 4) is 11.6 Å². The standard InChI is InChI=1S/C11H8BrN3O3/c12-7-3-9(15(16)17)6-10(4-7)18-11-5-8(13)1-2-14-11/h1-6H,(H2,13,14). The third-order valence-electron chi connectivity index (χ3n) is 2.05. The number of hydrogen-bond acceptors (Lipinski definition) is 5. The molecule has 0 spiro atoms. The van der Waals surface area contributed by atoms with Crippen molar-refractivity contribution in [1.82, 2.24) is 4.98 Å². The number of halogens is 1. The lowest BCUT2D eigenvalue weighted by atomic mass is 10.3. The summed E-state index contributed by atoms with van der Waals surface area (Å²) in [5, 5.41) is 10.7. The first-order valence-electron chi connectivity index (χ1n) is 4.89. The molecular formula is C11H8BrN3O3. The summed E-state index contributed by atoms with van der Waals surface area (Å²) in [6.07, 6.45) is 1.50. The van der Waals surface area contributed by atoms with Crippen LogP contribution in [-0.4, -0.2) is 9.91 Å². The van der Waals surface area contributed by atoms with E-state index in [4.69, 9.17) is 10.5 Å². The van der Waals surface area contributed by atoms with Crippen molar-refractivity contribution in [1.29, 1.82) is 0 Å². The Morgan fingerprint density at radius 2 is 2.11 bits per heavy atom. The Kier molecular flexibility index (Phi) is 3.42. The summed E-state index contributed by atoms with van der Waals surface area (Å²) in [5.41, 5.74) is 6.02. The minimum absolute atomic E-state index is 0.0664. The van der Waals surface area contributed by atoms with E-state index in [9.17, 15) is 10.1 Å². The molecule has 0 bridgehead atoms. The number of nitrogens with zero attached hydrogens (tertiary/aromatic N) is 2. The van der Waals surface area contributed by atoms with E-state index in [0.717, 1.165) is 0 Å². The van der Waals surface area contributed by atoms with Crippen molar-refractivity contribution in [3.05, 3.63) is 51.1 Å². The number of nitro benzene ring substituents is 1. The molecule has 0 saturated carbocycles. The lowest BCUT2D eigenvalue weighted by molar-refractivity contribution is -0.385. The molecule has 92 valence electrons. The van der Waals surface area contributed by atoms with E-state index in [2.05, 4.69) is 20.9 Å². The van der Waals surface area contributed by atoms with Gasteiger partial charge in [-0.15, -0.1) is 0 Å². The largest absolute Gasteiger partial charge is 0.439 e. The van der Waals surface area contributed by atoms with Crippen LogP contribution in [0.5, 0.6) is 11.6 Å². The van der Waals surface area contributed by atoms with Gasteiger partial charge in [-0.25, -0.2) is 4.98 Å². The Bertz CT molecular complexity index is 604. The first-order chi connectivity index (χ1) is 8.54. The Hall–Kier alpha value is -2.15. The van der Waals surface area contributed by atoms with Gasteiger partial charge in [0.25, 0.3) is 5.69 Å². The molecule has 0 unspecified atom stereocenters. The third kappa shape index (κ3) is 2.95. The summed E-state index contributed by atoms with van der Waals surface area (Å²) in [6.45, 7) is 0. The zero-order chi connectivity index (χ0) is 13.1. The van der Waals surface area contributed by atoms with Crippen LogP contribution in [0.1, 0.15) is 0 Å². The smallest absolute Gasteiger partial charge is 0.274 e. The second kappa shape index (κ2) is 5.01. The monoisotopic (exact) mass is 309 g/mol. The summed E-state index contributed by atoms with van der Waals surface area (Å²) in [5.74, 6) is 0.594. The van der Waals surface area contributed by atoms with Gasteiger partial charge in [-0.3, -0.25) is 10.1 Å². The van der Waals surface area contributed by atoms with Crippen LogP contribution in [-0.2, 0) is 0 Å². The predicted molar refractivity (Wildman–Crippen MR) is 69.5 cm³/mol. The second-order valence-corrected chi connectivity index (χ2v) is 4.35. The van der Waals surface area contributed by atoms with Gasteiger partial charge in [0.15, 0.2) is 0 Å². The van der Waals surface area contributed by atoms with Gasteiger partial charge in [-0.05, 0) is 12.1 Å². The quantitative estimate of drug-likeness (QED) is 0.694. The number of aromatic nitrogens is 1. The molecule has 0 atom stereocenters. The van der Waals surface area contributed by atoms with Crippen molar-refractivity contribution in [3.63, 3.8) is 0 Å². The Morgan fingerprint density at radius 1 is 1.33 bits per heavy atom. The number of anilines is 1. The van der Waals surface area contributed by atoms with Crippen LogP contribution in [0.3, 0.4) is 0 Å². The van der Waals surface area contributed by atoms with E-state index >= 15 is 0 Å². The van der Waals surface area contributed by atoms with Crippen molar-refractivity contribution in [2.24, 2.45) is 0 Å². The molecule has 6 nitrogen and oxygen atoms in total. The molecule has 1 aromatic heterocycles. The van der Waals surface area contributed by atoms with Crippen molar-refractivity contribution in [2.45, 2.75) is 0 Å². The van der Waals surface area contributed by atoms with E-state index in [0.29, 0.717) is 15.9 Å². The number of non-ortho nitro benzene ring substituents is 1. The Morgan fingerprint density at radius 3 is 2.78 bits per heavy atom. The average Bonchev–Trinajstić information content (AvgIpc) is 2.28. The predicted octanol–water partition coefficient (Wildman–Crippen LogP) is 3.13. The Labute approximate surface area is 111 Å². The van der Waals surface area contributed by atoms with Gasteiger partial charge in [0.1, 0.15) is 5.75 Å². The van der Waals surface area contributed by atoms with Gasteiger partial charge < -0.3 is 10.5 Å². The molecule has 0 aliphatic heterocycles. The fourth-order valence-corrected chi connectivity index (χ4v) is 1.77. The average molecular weight is 310 g/mol. The van der Waals surface area contributed by atoms with Crippen LogP contribution < -0.4 is 10.5 Å². The fourth-order valence-electron chi connectivity index (χ4n) is 1.31. The molecule has 18 heavy (non-hydrogen) atoms. The highest BCUT2D eigenvalue weighted by Crippen LogP contribution is 2.29. The van der Waals surface area contributed by atoms with Gasteiger partial charge in [-0.2, -0.15) is 0 Å². The molecule has 2 N–H and O–H groups in total. The van der Waals surface area contributed by atoms with Crippen LogP contribution in [0.15, 0.2) is 41.0 Å². The van der Waals surface area contributed by atoms with Crippen LogP contribution in [0, 0.1) is 10.1 Å². The maximum atomic E-state index is 10.7. The topological polar surface area (TPSA) is 91.3 Å². The van der Waals surface area contributed by atoms with Gasteiger partial charge in [0.2, 0.25) is 5.88 Å². The maximum absolute atomic E-state index is 10.7. The second-order valence-electron chi connectivity index (χ2n) is 3.43. The van der Waals surface area contributed by atoms with Gasteiger partial charge in [0, 0.05) is 28.5 Å². The maximum Gasteiger partial charge on any atom is 0.274 e. The molecule has 0 saturated heterocycles. The van der Waals surface area contributed by atoms with Crippen LogP contribution in [0.4, 0.5) is 11.4 Å². The molecule has 0 aliphatic carbocycles. The molecule has 0 amide bonds. The highest BCUT2D eigenvalue weighted by Gasteiger charge is 2.10.